The first-order valence-electron chi connectivity index (χ1n) is 6.12. The molecule has 0 saturated carbocycles. The molecule has 0 amide bonds. The fourth-order valence-electron chi connectivity index (χ4n) is 1.52. The van der Waals surface area contributed by atoms with Gasteiger partial charge in [0.25, 0.3) is 5.89 Å². The second kappa shape index (κ2) is 6.75. The van der Waals surface area contributed by atoms with Crippen molar-refractivity contribution < 1.29 is 27.5 Å². The smallest absolute Gasteiger partial charge is 0.475 e. The van der Waals surface area contributed by atoms with Gasteiger partial charge in [0.15, 0.2) is 0 Å². The lowest BCUT2D eigenvalue weighted by Crippen LogP contribution is -2.21. The van der Waals surface area contributed by atoms with Crippen molar-refractivity contribution >= 4 is 27.4 Å². The summed E-state index contributed by atoms with van der Waals surface area (Å²) >= 11 is 1.64. The molecule has 0 aliphatic carbocycles. The van der Waals surface area contributed by atoms with Crippen LogP contribution in [0.5, 0.6) is 0 Å². The van der Waals surface area contributed by atoms with Crippen LogP contribution in [0.2, 0.25) is 0 Å². The maximum atomic E-state index is 10.6. The fourth-order valence-corrected chi connectivity index (χ4v) is 2.51. The van der Waals surface area contributed by atoms with Gasteiger partial charge in [0.05, 0.1) is 11.4 Å². The molecule has 3 aromatic rings. The van der Waals surface area contributed by atoms with Gasteiger partial charge in [-0.3, -0.25) is 0 Å². The number of alkyl halides is 3. The minimum Gasteiger partial charge on any atom is -0.475 e. The van der Waals surface area contributed by atoms with Crippen LogP contribution in [0, 0.1) is 0 Å². The van der Waals surface area contributed by atoms with Gasteiger partial charge < -0.3 is 15.3 Å². The molecular formula is C13H10F3N3O3S. The number of aliphatic carboxylic acids is 1. The first kappa shape index (κ1) is 16.9. The number of hydrogen-bond donors (Lipinski definition) is 2. The summed E-state index contributed by atoms with van der Waals surface area (Å²) in [7, 11) is 0. The van der Waals surface area contributed by atoms with Gasteiger partial charge in [-0.25, -0.2) is 4.79 Å². The molecule has 6 nitrogen and oxygen atoms in total. The fraction of sp³-hybridized carbons (Fsp3) is 0.154. The van der Waals surface area contributed by atoms with E-state index in [0.29, 0.717) is 11.8 Å². The van der Waals surface area contributed by atoms with E-state index in [2.05, 4.69) is 22.3 Å². The Kier molecular flexibility index (Phi) is 4.96. The van der Waals surface area contributed by atoms with Crippen molar-refractivity contribution in [2.24, 2.45) is 5.73 Å². The molecule has 2 heterocycles. The third kappa shape index (κ3) is 4.27. The third-order valence-electron chi connectivity index (χ3n) is 2.52. The highest BCUT2D eigenvalue weighted by atomic mass is 32.1. The molecule has 10 heteroatoms. The van der Waals surface area contributed by atoms with Crippen LogP contribution in [-0.2, 0) is 11.3 Å². The molecule has 0 aliphatic rings. The molecule has 0 atom stereocenters. The lowest BCUT2D eigenvalue weighted by atomic mass is 10.2. The van der Waals surface area contributed by atoms with Gasteiger partial charge in [-0.2, -0.15) is 13.2 Å². The number of thiophene rings is 1. The van der Waals surface area contributed by atoms with Crippen LogP contribution < -0.4 is 5.73 Å². The van der Waals surface area contributed by atoms with E-state index >= 15 is 0 Å². The van der Waals surface area contributed by atoms with Gasteiger partial charge in [0, 0.05) is 4.70 Å². The molecule has 3 rings (SSSR count). The SMILES string of the molecule is NCc1nnc(-c2cc3ccccc3s2)o1.O=C(O)C(F)(F)F. The number of nitrogens with zero attached hydrogens (tertiary/aromatic N) is 2. The highest BCUT2D eigenvalue weighted by Gasteiger charge is 2.38. The maximum absolute atomic E-state index is 10.6. The Balaban J connectivity index is 0.000000236. The van der Waals surface area contributed by atoms with Crippen molar-refractivity contribution in [1.29, 1.82) is 0 Å². The lowest BCUT2D eigenvalue weighted by Gasteiger charge is -1.93. The van der Waals surface area contributed by atoms with E-state index in [0.717, 1.165) is 4.88 Å². The topological polar surface area (TPSA) is 102 Å². The molecular weight excluding hydrogens is 335 g/mol. The third-order valence-corrected chi connectivity index (χ3v) is 3.62. The van der Waals surface area contributed by atoms with Gasteiger partial charge in [-0.1, -0.05) is 18.2 Å². The van der Waals surface area contributed by atoms with E-state index in [9.17, 15) is 13.2 Å². The standard InChI is InChI=1S/C11H9N3OS.C2HF3O2/c12-6-10-13-14-11(15-10)9-5-7-3-1-2-4-8(7)16-9;3-2(4,5)1(6)7/h1-5H,6,12H2;(H,6,7). The van der Waals surface area contributed by atoms with Crippen molar-refractivity contribution in [3.8, 4) is 10.8 Å². The molecule has 0 aliphatic heterocycles. The molecule has 122 valence electrons. The van der Waals surface area contributed by atoms with Crippen molar-refractivity contribution in [3.63, 3.8) is 0 Å². The molecule has 0 bridgehead atoms. The van der Waals surface area contributed by atoms with Crippen LogP contribution in [0.3, 0.4) is 0 Å². The molecule has 0 spiro atoms. The van der Waals surface area contributed by atoms with Crippen LogP contribution in [-0.4, -0.2) is 27.4 Å². The van der Waals surface area contributed by atoms with Crippen LogP contribution in [0.4, 0.5) is 13.2 Å². The Morgan fingerprint density at radius 1 is 1.30 bits per heavy atom. The molecule has 0 radical (unpaired) electrons. The quantitative estimate of drug-likeness (QED) is 0.740. The van der Waals surface area contributed by atoms with Gasteiger partial charge >= 0.3 is 12.1 Å². The normalized spacial score (nSPS) is 11.1. The number of halogens is 3. The zero-order valence-electron chi connectivity index (χ0n) is 11.4. The summed E-state index contributed by atoms with van der Waals surface area (Å²) in [6.45, 7) is 0.276. The van der Waals surface area contributed by atoms with Gasteiger partial charge in [-0.05, 0) is 17.5 Å². The number of rotatable bonds is 2. The van der Waals surface area contributed by atoms with E-state index in [1.54, 1.807) is 11.3 Å². The number of carbonyl (C=O) groups is 1. The minimum atomic E-state index is -5.08. The molecule has 23 heavy (non-hydrogen) atoms. The Morgan fingerprint density at radius 3 is 2.48 bits per heavy atom. The number of fused-ring (bicyclic) bond motifs is 1. The van der Waals surface area contributed by atoms with Crippen LogP contribution in [0.1, 0.15) is 5.89 Å². The van der Waals surface area contributed by atoms with Gasteiger partial charge in [0.2, 0.25) is 5.89 Å². The van der Waals surface area contributed by atoms with E-state index in [4.69, 9.17) is 20.1 Å². The van der Waals surface area contributed by atoms with Gasteiger partial charge in [-0.15, -0.1) is 21.5 Å². The molecule has 3 N–H and O–H groups in total. The predicted molar refractivity (Wildman–Crippen MR) is 76.7 cm³/mol. The van der Waals surface area contributed by atoms with Crippen LogP contribution >= 0.6 is 11.3 Å². The Labute approximate surface area is 131 Å². The van der Waals surface area contributed by atoms with E-state index < -0.39 is 12.1 Å². The van der Waals surface area contributed by atoms with Crippen molar-refractivity contribution in [2.75, 3.05) is 0 Å². The highest BCUT2D eigenvalue weighted by Crippen LogP contribution is 2.32. The zero-order valence-corrected chi connectivity index (χ0v) is 12.2. The van der Waals surface area contributed by atoms with Crippen LogP contribution in [0.25, 0.3) is 20.9 Å². The number of carboxylic acid groups (broad SMARTS) is 1. The second-order valence-electron chi connectivity index (χ2n) is 4.16. The lowest BCUT2D eigenvalue weighted by molar-refractivity contribution is -0.192. The summed E-state index contributed by atoms with van der Waals surface area (Å²) in [5.41, 5.74) is 5.42. The summed E-state index contributed by atoms with van der Waals surface area (Å²) in [6, 6.07) is 10.2. The molecule has 1 aromatic carbocycles. The Bertz CT molecular complexity index is 780. The monoisotopic (exact) mass is 345 g/mol. The largest absolute Gasteiger partial charge is 0.490 e. The molecule has 2 aromatic heterocycles. The minimum absolute atomic E-state index is 0.276. The van der Waals surface area contributed by atoms with Gasteiger partial charge in [0.1, 0.15) is 0 Å². The number of nitrogens with two attached hydrogens (primary N) is 1. The summed E-state index contributed by atoms with van der Waals surface area (Å²) in [6.07, 6.45) is -5.08. The summed E-state index contributed by atoms with van der Waals surface area (Å²) < 4.78 is 38.4. The summed E-state index contributed by atoms with van der Waals surface area (Å²) in [5, 5.41) is 16.1. The van der Waals surface area contributed by atoms with E-state index in [1.807, 2.05) is 18.2 Å². The second-order valence-corrected chi connectivity index (χ2v) is 5.24. The first-order valence-corrected chi connectivity index (χ1v) is 6.94. The van der Waals surface area contributed by atoms with Crippen molar-refractivity contribution in [2.45, 2.75) is 12.7 Å². The summed E-state index contributed by atoms with van der Waals surface area (Å²) in [4.78, 5) is 9.88. The first-order chi connectivity index (χ1) is 10.8. The maximum Gasteiger partial charge on any atom is 0.490 e. The number of benzene rings is 1. The average molecular weight is 345 g/mol. The average Bonchev–Trinajstić information content (AvgIpc) is 3.13. The zero-order chi connectivity index (χ0) is 17.0. The molecule has 0 fully saturated rings. The highest BCUT2D eigenvalue weighted by molar-refractivity contribution is 7.22. The predicted octanol–water partition coefficient (Wildman–Crippen LogP) is 3.04. The van der Waals surface area contributed by atoms with Crippen molar-refractivity contribution in [1.82, 2.24) is 10.2 Å². The summed E-state index contributed by atoms with van der Waals surface area (Å²) in [5.74, 6) is -1.75. The number of hydrogen-bond acceptors (Lipinski definition) is 6. The van der Waals surface area contributed by atoms with Crippen molar-refractivity contribution in [3.05, 3.63) is 36.2 Å². The number of carboxylic acids is 1. The Hall–Kier alpha value is -2.46. The van der Waals surface area contributed by atoms with E-state index in [-0.39, 0.29) is 6.54 Å². The molecule has 0 unspecified atom stereocenters. The number of aromatic nitrogens is 2. The van der Waals surface area contributed by atoms with E-state index in [1.165, 1.54) is 10.1 Å². The molecule has 0 saturated heterocycles. The van der Waals surface area contributed by atoms with Crippen LogP contribution in [0.15, 0.2) is 34.7 Å². The Morgan fingerprint density at radius 2 is 1.96 bits per heavy atom.